The Kier molecular flexibility index (Phi) is 3.86. The van der Waals surface area contributed by atoms with E-state index in [0.29, 0.717) is 17.0 Å². The molecule has 0 fully saturated rings. The van der Waals surface area contributed by atoms with Crippen LogP contribution in [0.4, 0.5) is 0 Å². The van der Waals surface area contributed by atoms with Crippen molar-refractivity contribution in [3.8, 4) is 10.6 Å². The molecule has 0 saturated heterocycles. The van der Waals surface area contributed by atoms with Gasteiger partial charge in [0.1, 0.15) is 15.4 Å². The maximum absolute atomic E-state index is 11.8. The van der Waals surface area contributed by atoms with Crippen molar-refractivity contribution in [3.05, 3.63) is 47.1 Å². The molecule has 3 rings (SSSR count). The van der Waals surface area contributed by atoms with E-state index in [9.17, 15) is 4.79 Å². The summed E-state index contributed by atoms with van der Waals surface area (Å²) in [6.45, 7) is 2.04. The normalized spacial score (nSPS) is 10.8. The molecule has 106 valence electrons. The molecule has 0 aliphatic heterocycles. The van der Waals surface area contributed by atoms with Crippen molar-refractivity contribution in [2.75, 3.05) is 6.61 Å². The Bertz CT molecular complexity index is 802. The van der Waals surface area contributed by atoms with Crippen LogP contribution in [0.1, 0.15) is 17.3 Å². The quantitative estimate of drug-likeness (QED) is 0.679. The Morgan fingerprint density at radius 3 is 2.81 bits per heavy atom. The maximum Gasteiger partial charge on any atom is 0.341 e. The number of hydrogen-bond acceptors (Lipinski definition) is 5. The third-order valence-corrected chi connectivity index (χ3v) is 4.28. The summed E-state index contributed by atoms with van der Waals surface area (Å²) in [7, 11) is 0. The zero-order valence-electron chi connectivity index (χ0n) is 11.2. The molecule has 0 aliphatic rings. The number of esters is 1. The van der Waals surface area contributed by atoms with Gasteiger partial charge >= 0.3 is 5.97 Å². The van der Waals surface area contributed by atoms with Gasteiger partial charge in [0.2, 0.25) is 0 Å². The number of nitrogens with zero attached hydrogens (tertiary/aromatic N) is 2. The molecular formula is C15H11ClN2O2S. The van der Waals surface area contributed by atoms with E-state index >= 15 is 0 Å². The van der Waals surface area contributed by atoms with Gasteiger partial charge in [-0.3, -0.25) is 0 Å². The minimum absolute atomic E-state index is 0.246. The van der Waals surface area contributed by atoms with Crippen LogP contribution in [0.25, 0.3) is 20.9 Å². The summed E-state index contributed by atoms with van der Waals surface area (Å²) in [6.07, 6.45) is 1.44. The Hall–Kier alpha value is -1.98. The lowest BCUT2D eigenvalue weighted by Crippen LogP contribution is -2.06. The number of halogens is 1. The van der Waals surface area contributed by atoms with Crippen LogP contribution in [0.2, 0.25) is 5.02 Å². The predicted molar refractivity (Wildman–Crippen MR) is 83.8 cm³/mol. The van der Waals surface area contributed by atoms with Crippen molar-refractivity contribution in [2.24, 2.45) is 0 Å². The molecule has 0 bridgehead atoms. The number of carbonyl (C=O) groups excluding carboxylic acids is 1. The van der Waals surface area contributed by atoms with Crippen molar-refractivity contribution in [1.82, 2.24) is 9.97 Å². The third kappa shape index (κ3) is 2.62. The van der Waals surface area contributed by atoms with E-state index in [1.165, 1.54) is 17.5 Å². The number of carbonyl (C=O) groups is 1. The first-order valence-corrected chi connectivity index (χ1v) is 7.57. The first kappa shape index (κ1) is 14.0. The molecule has 2 aromatic heterocycles. The van der Waals surface area contributed by atoms with E-state index in [0.717, 1.165) is 10.6 Å². The summed E-state index contributed by atoms with van der Waals surface area (Å²) in [6, 6.07) is 9.78. The number of rotatable bonds is 3. The summed E-state index contributed by atoms with van der Waals surface area (Å²) in [5, 5.41) is 1.11. The van der Waals surface area contributed by atoms with Gasteiger partial charge in [-0.1, -0.05) is 53.3 Å². The standard InChI is InChI=1S/C15H11ClN2O2S/c1-2-20-15(19)10-8-17-14-12(11(10)16)18-13(21-14)9-6-4-3-5-7-9/h3-8H,2H2,1H3. The van der Waals surface area contributed by atoms with Gasteiger partial charge < -0.3 is 4.74 Å². The molecule has 0 unspecified atom stereocenters. The van der Waals surface area contributed by atoms with Crippen LogP contribution in [0.15, 0.2) is 36.5 Å². The highest BCUT2D eigenvalue weighted by Gasteiger charge is 2.18. The highest BCUT2D eigenvalue weighted by molar-refractivity contribution is 7.21. The number of hydrogen-bond donors (Lipinski definition) is 0. The summed E-state index contributed by atoms with van der Waals surface area (Å²) >= 11 is 7.72. The largest absolute Gasteiger partial charge is 0.462 e. The monoisotopic (exact) mass is 318 g/mol. The van der Waals surface area contributed by atoms with Crippen molar-refractivity contribution in [1.29, 1.82) is 0 Å². The van der Waals surface area contributed by atoms with E-state index in [2.05, 4.69) is 9.97 Å². The fraction of sp³-hybridized carbons (Fsp3) is 0.133. The SMILES string of the molecule is CCOC(=O)c1cnc2sc(-c3ccccc3)nc2c1Cl. The number of ether oxygens (including phenoxy) is 1. The minimum Gasteiger partial charge on any atom is -0.462 e. The van der Waals surface area contributed by atoms with Crippen LogP contribution >= 0.6 is 22.9 Å². The lowest BCUT2D eigenvalue weighted by atomic mass is 10.2. The van der Waals surface area contributed by atoms with Crippen molar-refractivity contribution in [3.63, 3.8) is 0 Å². The minimum atomic E-state index is -0.480. The highest BCUT2D eigenvalue weighted by atomic mass is 35.5. The van der Waals surface area contributed by atoms with E-state index < -0.39 is 5.97 Å². The van der Waals surface area contributed by atoms with Gasteiger partial charge in [-0.15, -0.1) is 0 Å². The van der Waals surface area contributed by atoms with Crippen LogP contribution in [0, 0.1) is 0 Å². The molecule has 0 radical (unpaired) electrons. The van der Waals surface area contributed by atoms with Gasteiger partial charge in [-0.25, -0.2) is 14.8 Å². The number of fused-ring (bicyclic) bond motifs is 1. The molecule has 3 aromatic rings. The zero-order valence-corrected chi connectivity index (χ0v) is 12.7. The van der Waals surface area contributed by atoms with Crippen LogP contribution in [0.5, 0.6) is 0 Å². The van der Waals surface area contributed by atoms with Crippen LogP contribution in [-0.4, -0.2) is 22.5 Å². The zero-order chi connectivity index (χ0) is 14.8. The smallest absolute Gasteiger partial charge is 0.341 e. The van der Waals surface area contributed by atoms with E-state index in [-0.39, 0.29) is 10.6 Å². The lowest BCUT2D eigenvalue weighted by molar-refractivity contribution is 0.0526. The molecule has 4 nitrogen and oxygen atoms in total. The molecule has 0 aliphatic carbocycles. The third-order valence-electron chi connectivity index (χ3n) is 2.88. The van der Waals surface area contributed by atoms with Gasteiger partial charge in [0, 0.05) is 11.8 Å². The van der Waals surface area contributed by atoms with Gasteiger partial charge in [0.15, 0.2) is 0 Å². The number of aromatic nitrogens is 2. The molecule has 6 heteroatoms. The molecule has 2 heterocycles. The van der Waals surface area contributed by atoms with Crippen molar-refractivity contribution >= 4 is 39.3 Å². The molecule has 21 heavy (non-hydrogen) atoms. The Morgan fingerprint density at radius 1 is 1.33 bits per heavy atom. The van der Waals surface area contributed by atoms with E-state index in [4.69, 9.17) is 16.3 Å². The molecule has 1 aromatic carbocycles. The van der Waals surface area contributed by atoms with Crippen LogP contribution < -0.4 is 0 Å². The second-order valence-corrected chi connectivity index (χ2v) is 5.60. The Morgan fingerprint density at radius 2 is 2.10 bits per heavy atom. The van der Waals surface area contributed by atoms with Gasteiger partial charge in [-0.05, 0) is 6.92 Å². The average molecular weight is 319 g/mol. The van der Waals surface area contributed by atoms with Gasteiger partial charge in [-0.2, -0.15) is 0 Å². The van der Waals surface area contributed by atoms with Crippen LogP contribution in [0.3, 0.4) is 0 Å². The second kappa shape index (κ2) is 5.79. The van der Waals surface area contributed by atoms with Crippen LogP contribution in [-0.2, 0) is 4.74 Å². The maximum atomic E-state index is 11.8. The molecular weight excluding hydrogens is 308 g/mol. The topological polar surface area (TPSA) is 52.1 Å². The molecule has 0 atom stereocenters. The number of pyridine rings is 1. The van der Waals surface area contributed by atoms with E-state index in [1.54, 1.807) is 6.92 Å². The first-order valence-electron chi connectivity index (χ1n) is 6.38. The summed E-state index contributed by atoms with van der Waals surface area (Å²) in [5.74, 6) is -0.480. The van der Waals surface area contributed by atoms with Gasteiger partial charge in [0.05, 0.1) is 17.2 Å². The highest BCUT2D eigenvalue weighted by Crippen LogP contribution is 2.33. The summed E-state index contributed by atoms with van der Waals surface area (Å²) < 4.78 is 4.96. The number of benzene rings is 1. The lowest BCUT2D eigenvalue weighted by Gasteiger charge is -2.03. The molecule has 0 N–H and O–H groups in total. The summed E-state index contributed by atoms with van der Waals surface area (Å²) in [4.78, 5) is 21.3. The molecule has 0 amide bonds. The Balaban J connectivity index is 2.10. The van der Waals surface area contributed by atoms with Crippen molar-refractivity contribution in [2.45, 2.75) is 6.92 Å². The second-order valence-electron chi connectivity index (χ2n) is 4.25. The Labute approximate surface area is 130 Å². The van der Waals surface area contributed by atoms with Crippen molar-refractivity contribution < 1.29 is 9.53 Å². The van der Waals surface area contributed by atoms with Gasteiger partial charge in [0.25, 0.3) is 0 Å². The fourth-order valence-electron chi connectivity index (χ4n) is 1.91. The predicted octanol–water partition coefficient (Wildman–Crippen LogP) is 4.19. The average Bonchev–Trinajstić information content (AvgIpc) is 2.94. The van der Waals surface area contributed by atoms with E-state index in [1.807, 2.05) is 30.3 Å². The summed E-state index contributed by atoms with van der Waals surface area (Å²) in [5.41, 5.74) is 1.77. The molecule has 0 saturated carbocycles. The fourth-order valence-corrected chi connectivity index (χ4v) is 3.14. The molecule has 0 spiro atoms. The number of thiazole rings is 1. The first-order chi connectivity index (χ1) is 10.2.